The summed E-state index contributed by atoms with van der Waals surface area (Å²) in [5.41, 5.74) is 2.40. The van der Waals surface area contributed by atoms with Gasteiger partial charge in [0.05, 0.1) is 0 Å². The van der Waals surface area contributed by atoms with Crippen LogP contribution < -0.4 is 5.32 Å². The molecule has 2 aromatic heterocycles. The van der Waals surface area contributed by atoms with E-state index >= 15 is 0 Å². The van der Waals surface area contributed by atoms with Crippen molar-refractivity contribution < 1.29 is 0 Å². The van der Waals surface area contributed by atoms with E-state index in [-0.39, 0.29) is 5.41 Å². The largest absolute Gasteiger partial charge is 0.313 e. The summed E-state index contributed by atoms with van der Waals surface area (Å²) in [4.78, 5) is 9.10. The minimum atomic E-state index is 0.0332. The molecule has 0 aromatic carbocycles. The molecular formula is C16H24N4. The number of pyridine rings is 1. The lowest BCUT2D eigenvalue weighted by atomic mass is 9.90. The van der Waals surface area contributed by atoms with Crippen molar-refractivity contribution in [3.8, 4) is 5.82 Å². The molecule has 0 aliphatic heterocycles. The standard InChI is InChI=1S/C16H24N4/c1-6-17-11-13-9-14(16(3,4)5)19-15(10-13)20-8-7-18-12(20)2/h7-10,17H,6,11H2,1-5H3. The highest BCUT2D eigenvalue weighted by Crippen LogP contribution is 2.23. The van der Waals surface area contributed by atoms with Crippen LogP contribution >= 0.6 is 0 Å². The van der Waals surface area contributed by atoms with Crippen LogP contribution in [0.15, 0.2) is 24.5 Å². The van der Waals surface area contributed by atoms with Crippen molar-refractivity contribution in [3.05, 3.63) is 41.6 Å². The second-order valence-electron chi connectivity index (χ2n) is 6.09. The van der Waals surface area contributed by atoms with Crippen LogP contribution in [0.4, 0.5) is 0 Å². The Morgan fingerprint density at radius 2 is 2.00 bits per heavy atom. The van der Waals surface area contributed by atoms with Gasteiger partial charge in [0.15, 0.2) is 0 Å². The summed E-state index contributed by atoms with van der Waals surface area (Å²) in [6.45, 7) is 12.5. The molecule has 108 valence electrons. The van der Waals surface area contributed by atoms with Gasteiger partial charge in [-0.25, -0.2) is 9.97 Å². The zero-order chi connectivity index (χ0) is 14.8. The topological polar surface area (TPSA) is 42.7 Å². The fourth-order valence-electron chi connectivity index (χ4n) is 2.07. The Kier molecular flexibility index (Phi) is 4.23. The van der Waals surface area contributed by atoms with Crippen LogP contribution in [0.1, 0.15) is 44.8 Å². The van der Waals surface area contributed by atoms with Crippen LogP contribution in [0.5, 0.6) is 0 Å². The summed E-state index contributed by atoms with van der Waals surface area (Å²) < 4.78 is 2.03. The lowest BCUT2D eigenvalue weighted by Crippen LogP contribution is -2.18. The van der Waals surface area contributed by atoms with Crippen LogP contribution in [0.3, 0.4) is 0 Å². The van der Waals surface area contributed by atoms with Gasteiger partial charge in [0.25, 0.3) is 0 Å². The van der Waals surface area contributed by atoms with Crippen LogP contribution in [-0.4, -0.2) is 21.1 Å². The zero-order valence-corrected chi connectivity index (χ0v) is 13.1. The van der Waals surface area contributed by atoms with E-state index in [4.69, 9.17) is 4.98 Å². The lowest BCUT2D eigenvalue weighted by Gasteiger charge is -2.20. The molecule has 0 amide bonds. The number of hydrogen-bond donors (Lipinski definition) is 1. The molecule has 0 fully saturated rings. The van der Waals surface area contributed by atoms with Crippen molar-refractivity contribution in [2.45, 2.75) is 46.6 Å². The van der Waals surface area contributed by atoms with Crippen LogP contribution in [0.25, 0.3) is 5.82 Å². The summed E-state index contributed by atoms with van der Waals surface area (Å²) >= 11 is 0. The van der Waals surface area contributed by atoms with Gasteiger partial charge in [0.2, 0.25) is 0 Å². The number of nitrogens with zero attached hydrogens (tertiary/aromatic N) is 3. The molecule has 2 heterocycles. The molecule has 4 nitrogen and oxygen atoms in total. The molecule has 0 atom stereocenters. The highest BCUT2D eigenvalue weighted by molar-refractivity contribution is 5.34. The lowest BCUT2D eigenvalue weighted by molar-refractivity contribution is 0.564. The Morgan fingerprint density at radius 1 is 1.25 bits per heavy atom. The number of aromatic nitrogens is 3. The van der Waals surface area contributed by atoms with Gasteiger partial charge in [-0.1, -0.05) is 27.7 Å². The van der Waals surface area contributed by atoms with Gasteiger partial charge in [0.1, 0.15) is 11.6 Å². The minimum Gasteiger partial charge on any atom is -0.313 e. The molecule has 0 unspecified atom stereocenters. The van der Waals surface area contributed by atoms with Gasteiger partial charge in [-0.05, 0) is 31.2 Å². The van der Waals surface area contributed by atoms with Gasteiger partial charge >= 0.3 is 0 Å². The maximum absolute atomic E-state index is 4.81. The highest BCUT2D eigenvalue weighted by Gasteiger charge is 2.18. The summed E-state index contributed by atoms with van der Waals surface area (Å²) in [5.74, 6) is 1.90. The van der Waals surface area contributed by atoms with Gasteiger partial charge < -0.3 is 5.32 Å². The smallest absolute Gasteiger partial charge is 0.138 e. The fourth-order valence-corrected chi connectivity index (χ4v) is 2.07. The Hall–Kier alpha value is -1.68. The maximum atomic E-state index is 4.81. The predicted octanol–water partition coefficient (Wildman–Crippen LogP) is 2.98. The van der Waals surface area contributed by atoms with E-state index < -0.39 is 0 Å². The van der Waals surface area contributed by atoms with E-state index in [9.17, 15) is 0 Å². The van der Waals surface area contributed by atoms with Crippen molar-refractivity contribution >= 4 is 0 Å². The van der Waals surface area contributed by atoms with E-state index in [0.29, 0.717) is 0 Å². The monoisotopic (exact) mass is 272 g/mol. The van der Waals surface area contributed by atoms with Gasteiger partial charge in [-0.15, -0.1) is 0 Å². The van der Waals surface area contributed by atoms with E-state index in [1.54, 1.807) is 0 Å². The molecule has 0 aliphatic rings. The van der Waals surface area contributed by atoms with Crippen molar-refractivity contribution in [3.63, 3.8) is 0 Å². The summed E-state index contributed by atoms with van der Waals surface area (Å²) in [6, 6.07) is 4.32. The maximum Gasteiger partial charge on any atom is 0.138 e. The molecule has 1 N–H and O–H groups in total. The molecule has 4 heteroatoms. The first-order valence-electron chi connectivity index (χ1n) is 7.14. The molecule has 0 spiro atoms. The quantitative estimate of drug-likeness (QED) is 0.930. The summed E-state index contributed by atoms with van der Waals surface area (Å²) in [5, 5.41) is 3.38. The van der Waals surface area contributed by atoms with Crippen LogP contribution in [-0.2, 0) is 12.0 Å². The third-order valence-electron chi connectivity index (χ3n) is 3.29. The first kappa shape index (κ1) is 14.7. The zero-order valence-electron chi connectivity index (χ0n) is 13.1. The molecule has 0 saturated heterocycles. The third kappa shape index (κ3) is 3.25. The van der Waals surface area contributed by atoms with E-state index in [1.165, 1.54) is 5.56 Å². The highest BCUT2D eigenvalue weighted by atomic mass is 15.1. The molecule has 0 aliphatic carbocycles. The molecule has 0 radical (unpaired) electrons. The number of imidazole rings is 1. The van der Waals surface area contributed by atoms with E-state index in [2.05, 4.69) is 50.1 Å². The minimum absolute atomic E-state index is 0.0332. The van der Waals surface area contributed by atoms with E-state index in [1.807, 2.05) is 23.9 Å². The van der Waals surface area contributed by atoms with Crippen LogP contribution in [0.2, 0.25) is 0 Å². The van der Waals surface area contributed by atoms with Crippen molar-refractivity contribution in [1.29, 1.82) is 0 Å². The van der Waals surface area contributed by atoms with Gasteiger partial charge in [0, 0.05) is 30.0 Å². The van der Waals surface area contributed by atoms with Crippen LogP contribution in [0, 0.1) is 6.92 Å². The second kappa shape index (κ2) is 5.75. The van der Waals surface area contributed by atoms with Crippen molar-refractivity contribution in [2.24, 2.45) is 0 Å². The molecule has 0 saturated carbocycles. The summed E-state index contributed by atoms with van der Waals surface area (Å²) in [7, 11) is 0. The Bertz CT molecular complexity index is 578. The molecular weight excluding hydrogens is 248 g/mol. The number of hydrogen-bond acceptors (Lipinski definition) is 3. The van der Waals surface area contributed by atoms with E-state index in [0.717, 1.165) is 30.4 Å². The first-order valence-corrected chi connectivity index (χ1v) is 7.14. The Balaban J connectivity index is 2.48. The summed E-state index contributed by atoms with van der Waals surface area (Å²) in [6.07, 6.45) is 3.77. The Morgan fingerprint density at radius 3 is 2.55 bits per heavy atom. The van der Waals surface area contributed by atoms with Gasteiger partial charge in [-0.2, -0.15) is 0 Å². The third-order valence-corrected chi connectivity index (χ3v) is 3.29. The molecule has 20 heavy (non-hydrogen) atoms. The van der Waals surface area contributed by atoms with Gasteiger partial charge in [-0.3, -0.25) is 4.57 Å². The molecule has 2 aromatic rings. The first-order chi connectivity index (χ1) is 9.41. The van der Waals surface area contributed by atoms with Crippen molar-refractivity contribution in [2.75, 3.05) is 6.54 Å². The molecule has 2 rings (SSSR count). The average molecular weight is 272 g/mol. The number of rotatable bonds is 4. The number of nitrogens with one attached hydrogen (secondary N) is 1. The number of aryl methyl sites for hydroxylation is 1. The Labute approximate surface area is 121 Å². The normalized spacial score (nSPS) is 11.8. The predicted molar refractivity (Wildman–Crippen MR) is 82.2 cm³/mol. The second-order valence-corrected chi connectivity index (χ2v) is 6.09. The fraction of sp³-hybridized carbons (Fsp3) is 0.500. The average Bonchev–Trinajstić information content (AvgIpc) is 2.81. The SMILES string of the molecule is CCNCc1cc(-n2ccnc2C)nc(C(C)(C)C)c1. The van der Waals surface area contributed by atoms with Crippen molar-refractivity contribution in [1.82, 2.24) is 19.9 Å². The molecule has 0 bridgehead atoms.